The van der Waals surface area contributed by atoms with Gasteiger partial charge < -0.3 is 18.6 Å². The lowest BCUT2D eigenvalue weighted by Gasteiger charge is -2.43. The van der Waals surface area contributed by atoms with Crippen LogP contribution < -0.4 is 15.1 Å². The van der Waals surface area contributed by atoms with E-state index in [1.54, 1.807) is 19.1 Å². The summed E-state index contributed by atoms with van der Waals surface area (Å²) in [6, 6.07) is 25.4. The lowest BCUT2D eigenvalue weighted by molar-refractivity contribution is -0.152. The van der Waals surface area contributed by atoms with Gasteiger partial charge in [0.15, 0.2) is 5.65 Å². The summed E-state index contributed by atoms with van der Waals surface area (Å²) >= 11 is 0. The van der Waals surface area contributed by atoms with E-state index >= 15 is 0 Å². The molecule has 45 heavy (non-hydrogen) atoms. The van der Waals surface area contributed by atoms with Gasteiger partial charge in [0.25, 0.3) is 8.32 Å². The molecule has 0 unspecified atom stereocenters. The quantitative estimate of drug-likeness (QED) is 0.111. The molecule has 0 fully saturated rings. The van der Waals surface area contributed by atoms with Crippen molar-refractivity contribution in [3.8, 4) is 11.6 Å². The van der Waals surface area contributed by atoms with Crippen LogP contribution in [0.4, 0.5) is 4.39 Å². The van der Waals surface area contributed by atoms with Crippen LogP contribution in [0.2, 0.25) is 5.04 Å². The monoisotopic (exact) mass is 628 g/mol. The molecule has 9 nitrogen and oxygen atoms in total. The van der Waals surface area contributed by atoms with Crippen LogP contribution >= 0.6 is 0 Å². The summed E-state index contributed by atoms with van der Waals surface area (Å²) in [6.07, 6.45) is 1.71. The van der Waals surface area contributed by atoms with Crippen molar-refractivity contribution < 1.29 is 27.8 Å². The molecular formula is C34H37FN4O5Si. The summed E-state index contributed by atoms with van der Waals surface area (Å²) in [7, 11) is -1.45. The highest BCUT2D eigenvalue weighted by molar-refractivity contribution is 6.99. The smallest absolute Gasteiger partial charge is 0.349 e. The van der Waals surface area contributed by atoms with Gasteiger partial charge in [0.05, 0.1) is 38.8 Å². The topological polar surface area (TPSA) is 97.6 Å². The Kier molecular flexibility index (Phi) is 9.71. The molecule has 5 rings (SSSR count). The van der Waals surface area contributed by atoms with Crippen LogP contribution in [-0.4, -0.2) is 67.1 Å². The largest absolute Gasteiger partial charge is 0.466 e. The Labute approximate surface area is 263 Å². The number of benzene rings is 3. The van der Waals surface area contributed by atoms with Gasteiger partial charge in [-0.2, -0.15) is 5.10 Å². The van der Waals surface area contributed by atoms with Crippen LogP contribution in [0.1, 0.15) is 26.3 Å². The molecular weight excluding hydrogens is 591 g/mol. The SMILES string of the molecule is COC(=O)[C@H](COCCO[Si](c1ccccc1)(c1ccccc1)C(C)(C)C)Oc1ncnc2c1cnn2-c1cccc(F)c1C. The first-order valence-corrected chi connectivity index (χ1v) is 16.6. The molecule has 0 saturated carbocycles. The molecule has 5 aromatic rings. The van der Waals surface area contributed by atoms with Crippen LogP contribution in [0, 0.1) is 12.7 Å². The number of carbonyl (C=O) groups is 1. The predicted octanol–water partition coefficient (Wildman–Crippen LogP) is 4.78. The fourth-order valence-corrected chi connectivity index (χ4v) is 10.1. The van der Waals surface area contributed by atoms with Crippen molar-refractivity contribution in [2.45, 2.75) is 38.8 Å². The van der Waals surface area contributed by atoms with E-state index in [-0.39, 0.29) is 29.9 Å². The Hall–Kier alpha value is -4.45. The summed E-state index contributed by atoms with van der Waals surface area (Å²) in [4.78, 5) is 21.3. The highest BCUT2D eigenvalue weighted by atomic mass is 28.4. The third-order valence-corrected chi connectivity index (χ3v) is 12.8. The molecule has 0 amide bonds. The first-order valence-electron chi connectivity index (χ1n) is 14.7. The molecule has 0 radical (unpaired) electrons. The van der Waals surface area contributed by atoms with Gasteiger partial charge in [-0.1, -0.05) is 87.5 Å². The van der Waals surface area contributed by atoms with Gasteiger partial charge >= 0.3 is 5.97 Å². The minimum atomic E-state index is -2.73. The fourth-order valence-electron chi connectivity index (χ4n) is 5.54. The van der Waals surface area contributed by atoms with Crippen molar-refractivity contribution in [2.24, 2.45) is 0 Å². The van der Waals surface area contributed by atoms with Gasteiger partial charge in [-0.3, -0.25) is 0 Å². The number of esters is 1. The average Bonchev–Trinajstić information content (AvgIpc) is 3.48. The second kappa shape index (κ2) is 13.7. The second-order valence-electron chi connectivity index (χ2n) is 11.6. The van der Waals surface area contributed by atoms with Crippen LogP contribution in [0.3, 0.4) is 0 Å². The molecule has 2 aromatic heterocycles. The second-order valence-corrected chi connectivity index (χ2v) is 15.9. The number of carbonyl (C=O) groups excluding carboxylic acids is 1. The Bertz CT molecular complexity index is 1710. The molecule has 0 N–H and O–H groups in total. The molecule has 234 valence electrons. The summed E-state index contributed by atoms with van der Waals surface area (Å²) < 4.78 is 39.6. The number of hydrogen-bond acceptors (Lipinski definition) is 8. The Balaban J connectivity index is 1.32. The molecule has 11 heteroatoms. The van der Waals surface area contributed by atoms with E-state index in [1.165, 1.54) is 40.8 Å². The van der Waals surface area contributed by atoms with Crippen molar-refractivity contribution in [3.05, 3.63) is 103 Å². The molecule has 1 atom stereocenters. The van der Waals surface area contributed by atoms with Gasteiger partial charge in [0.2, 0.25) is 12.0 Å². The number of nitrogens with zero attached hydrogens (tertiary/aromatic N) is 4. The molecule has 0 bridgehead atoms. The minimum Gasteiger partial charge on any atom is -0.466 e. The maximum Gasteiger partial charge on any atom is 0.349 e. The number of methoxy groups -OCH3 is 1. The van der Waals surface area contributed by atoms with Gasteiger partial charge in [-0.15, -0.1) is 0 Å². The lowest BCUT2D eigenvalue weighted by atomic mass is 10.2. The van der Waals surface area contributed by atoms with Gasteiger partial charge in [-0.05, 0) is 34.5 Å². The van der Waals surface area contributed by atoms with Crippen LogP contribution in [0.15, 0.2) is 91.4 Å². The van der Waals surface area contributed by atoms with Crippen LogP contribution in [0.5, 0.6) is 5.88 Å². The Morgan fingerprint density at radius 3 is 2.22 bits per heavy atom. The maximum atomic E-state index is 14.2. The number of hydrogen-bond donors (Lipinski definition) is 0. The van der Waals surface area contributed by atoms with Crippen LogP contribution in [-0.2, 0) is 18.7 Å². The average molecular weight is 629 g/mol. The summed E-state index contributed by atoms with van der Waals surface area (Å²) in [6.45, 7) is 8.72. The normalized spacial score (nSPS) is 12.7. The minimum absolute atomic E-state index is 0.0978. The number of rotatable bonds is 12. The Morgan fingerprint density at radius 2 is 1.60 bits per heavy atom. The summed E-state index contributed by atoms with van der Waals surface area (Å²) in [5.41, 5.74) is 1.35. The van der Waals surface area contributed by atoms with E-state index in [0.717, 1.165) is 0 Å². The Morgan fingerprint density at radius 1 is 0.933 bits per heavy atom. The first-order chi connectivity index (χ1) is 21.7. The third-order valence-electron chi connectivity index (χ3n) is 7.75. The third kappa shape index (κ3) is 6.51. The highest BCUT2D eigenvalue weighted by Crippen LogP contribution is 2.36. The maximum absolute atomic E-state index is 14.2. The van der Waals surface area contributed by atoms with E-state index in [1.807, 2.05) is 36.4 Å². The van der Waals surface area contributed by atoms with Gasteiger partial charge in [0, 0.05) is 5.56 Å². The molecule has 0 saturated heterocycles. The summed E-state index contributed by atoms with van der Waals surface area (Å²) in [5, 5.41) is 6.99. The van der Waals surface area contributed by atoms with E-state index in [0.29, 0.717) is 28.9 Å². The van der Waals surface area contributed by atoms with E-state index in [2.05, 4.69) is 60.1 Å². The zero-order chi connectivity index (χ0) is 32.0. The predicted molar refractivity (Wildman–Crippen MR) is 172 cm³/mol. The number of ether oxygens (including phenoxy) is 3. The van der Waals surface area contributed by atoms with Crippen molar-refractivity contribution in [1.82, 2.24) is 19.7 Å². The van der Waals surface area contributed by atoms with E-state index < -0.39 is 20.4 Å². The zero-order valence-corrected chi connectivity index (χ0v) is 27.1. The highest BCUT2D eigenvalue weighted by Gasteiger charge is 2.50. The molecule has 2 heterocycles. The van der Waals surface area contributed by atoms with Crippen molar-refractivity contribution >= 4 is 35.7 Å². The van der Waals surface area contributed by atoms with Crippen molar-refractivity contribution in [1.29, 1.82) is 0 Å². The number of halogens is 1. The summed E-state index contributed by atoms with van der Waals surface area (Å²) in [5.74, 6) is -0.852. The lowest BCUT2D eigenvalue weighted by Crippen LogP contribution is -2.66. The van der Waals surface area contributed by atoms with Crippen LogP contribution in [0.25, 0.3) is 16.7 Å². The molecule has 0 spiro atoms. The van der Waals surface area contributed by atoms with E-state index in [9.17, 15) is 9.18 Å². The number of aromatic nitrogens is 4. The van der Waals surface area contributed by atoms with Crippen molar-refractivity contribution in [3.63, 3.8) is 0 Å². The fraction of sp³-hybridized carbons (Fsp3) is 0.294. The first kappa shape index (κ1) is 32.0. The molecule has 0 aliphatic rings. The van der Waals surface area contributed by atoms with E-state index in [4.69, 9.17) is 18.6 Å². The molecule has 3 aromatic carbocycles. The van der Waals surface area contributed by atoms with Gasteiger partial charge in [0.1, 0.15) is 17.5 Å². The standard InChI is InChI=1S/C34H37FN4O5Si/c1-24-28(35)17-12-18-29(24)39-31-27(21-38-39)32(37-23-36-31)44-30(33(40)41-5)22-42-19-20-43-45(34(2,3)4,25-13-8-6-9-14-25)26-15-10-7-11-16-26/h6-18,21,23,30H,19-20,22H2,1-5H3/t30-/m0/s1. The molecule has 0 aliphatic heterocycles. The van der Waals surface area contributed by atoms with Gasteiger partial charge in [-0.25, -0.2) is 23.8 Å². The van der Waals surface area contributed by atoms with Crippen molar-refractivity contribution in [2.75, 3.05) is 26.9 Å². The zero-order valence-electron chi connectivity index (χ0n) is 26.1. The molecule has 0 aliphatic carbocycles. The number of fused-ring (bicyclic) bond motifs is 1.